The van der Waals surface area contributed by atoms with Crippen LogP contribution >= 0.6 is 7.82 Å². The van der Waals surface area contributed by atoms with E-state index in [1.807, 2.05) is 0 Å². The molecule has 3 N–H and O–H groups in total. The molecule has 0 aromatic heterocycles. The third kappa shape index (κ3) is 47.5. The lowest BCUT2D eigenvalue weighted by Crippen LogP contribution is -2.29. The highest BCUT2D eigenvalue weighted by molar-refractivity contribution is 7.47. The van der Waals surface area contributed by atoms with Crippen molar-refractivity contribution >= 4 is 19.8 Å². The summed E-state index contributed by atoms with van der Waals surface area (Å²) in [5.41, 5.74) is 5.35. The third-order valence-electron chi connectivity index (χ3n) is 11.0. The van der Waals surface area contributed by atoms with Gasteiger partial charge in [0.25, 0.3) is 0 Å². The van der Waals surface area contributed by atoms with Gasteiger partial charge in [0.15, 0.2) is 6.10 Å². The van der Waals surface area contributed by atoms with E-state index in [2.05, 4.69) is 50.3 Å². The zero-order valence-corrected chi connectivity index (χ0v) is 40.5. The number of esters is 2. The lowest BCUT2D eigenvalue weighted by atomic mass is 10.0. The van der Waals surface area contributed by atoms with Crippen LogP contribution < -0.4 is 5.73 Å². The van der Waals surface area contributed by atoms with Gasteiger partial charge in [-0.2, -0.15) is 0 Å². The van der Waals surface area contributed by atoms with Gasteiger partial charge in [-0.15, -0.1) is 0 Å². The molecule has 0 radical (unpaired) electrons. The molecule has 2 atom stereocenters. The summed E-state index contributed by atoms with van der Waals surface area (Å²) in [6.45, 7) is 3.72. The number of carbonyl (C=O) groups excluding carboxylic acids is 2. The smallest absolute Gasteiger partial charge is 0.462 e. The van der Waals surface area contributed by atoms with Gasteiger partial charge in [0.2, 0.25) is 0 Å². The molecule has 0 saturated carbocycles. The second-order valence-corrected chi connectivity index (χ2v) is 18.5. The SMILES string of the molecule is CCCCCCC/C=C\C/C=C\C/C=C\CCCCCCCCCCCCCCCCCCC(=O)OC(COC(=O)CCCCCCCCCCC)COP(=O)(O)OCCN. The van der Waals surface area contributed by atoms with Gasteiger partial charge in [0, 0.05) is 19.4 Å². The minimum Gasteiger partial charge on any atom is -0.462 e. The lowest BCUT2D eigenvalue weighted by Gasteiger charge is -2.19. The number of phosphoric ester groups is 1. The predicted molar refractivity (Wildman–Crippen MR) is 257 cm³/mol. The van der Waals surface area contributed by atoms with Crippen molar-refractivity contribution in [3.8, 4) is 0 Å². The molecule has 0 spiro atoms. The maximum absolute atomic E-state index is 12.6. The summed E-state index contributed by atoms with van der Waals surface area (Å²) in [7, 11) is -4.37. The number of phosphoric acid groups is 1. The van der Waals surface area contributed by atoms with E-state index in [0.29, 0.717) is 6.42 Å². The average molecular weight is 882 g/mol. The normalized spacial score (nSPS) is 13.4. The highest BCUT2D eigenvalue weighted by atomic mass is 31.2. The van der Waals surface area contributed by atoms with E-state index in [0.717, 1.165) is 44.9 Å². The molecule has 0 bridgehead atoms. The number of unbranched alkanes of at least 4 members (excludes halogenated alkanes) is 29. The van der Waals surface area contributed by atoms with Crippen molar-refractivity contribution in [2.45, 2.75) is 251 Å². The Labute approximate surface area is 375 Å². The van der Waals surface area contributed by atoms with E-state index in [9.17, 15) is 19.0 Å². The van der Waals surface area contributed by atoms with E-state index >= 15 is 0 Å². The Kier molecular flexibility index (Phi) is 46.3. The van der Waals surface area contributed by atoms with Gasteiger partial charge < -0.3 is 20.1 Å². The van der Waals surface area contributed by atoms with Crippen molar-refractivity contribution in [3.05, 3.63) is 36.5 Å². The number of allylic oxidation sites excluding steroid dienone is 6. The van der Waals surface area contributed by atoms with Gasteiger partial charge in [-0.3, -0.25) is 18.6 Å². The highest BCUT2D eigenvalue weighted by Gasteiger charge is 2.26. The molecule has 0 aliphatic carbocycles. The van der Waals surface area contributed by atoms with Gasteiger partial charge in [-0.05, 0) is 51.4 Å². The first-order valence-electron chi connectivity index (χ1n) is 25.5. The van der Waals surface area contributed by atoms with Crippen LogP contribution in [-0.2, 0) is 32.7 Å². The van der Waals surface area contributed by atoms with Gasteiger partial charge in [-0.1, -0.05) is 217 Å². The quantitative estimate of drug-likeness (QED) is 0.0265. The molecule has 2 unspecified atom stereocenters. The summed E-state index contributed by atoms with van der Waals surface area (Å²) >= 11 is 0. The van der Waals surface area contributed by atoms with Crippen LogP contribution in [0.1, 0.15) is 245 Å². The summed E-state index contributed by atoms with van der Waals surface area (Å²) in [6.07, 6.45) is 55.0. The van der Waals surface area contributed by atoms with Crippen molar-refractivity contribution in [2.75, 3.05) is 26.4 Å². The molecule has 0 aliphatic heterocycles. The summed E-state index contributed by atoms with van der Waals surface area (Å²) in [5.74, 6) is -0.823. The number of carbonyl (C=O) groups is 2. The number of ether oxygens (including phenoxy) is 2. The van der Waals surface area contributed by atoms with Gasteiger partial charge >= 0.3 is 19.8 Å². The van der Waals surface area contributed by atoms with Crippen LogP contribution in [0.3, 0.4) is 0 Å². The fourth-order valence-electron chi connectivity index (χ4n) is 7.23. The Morgan fingerprint density at radius 3 is 1.26 bits per heavy atom. The Balaban J connectivity index is 3.85. The molecule has 61 heavy (non-hydrogen) atoms. The minimum atomic E-state index is -4.37. The first-order valence-corrected chi connectivity index (χ1v) is 27.0. The Hall–Kier alpha value is -1.77. The fraction of sp³-hybridized carbons (Fsp3) is 0.843. The molecule has 0 aliphatic rings. The number of hydrogen-bond donors (Lipinski definition) is 2. The molecule has 0 amide bonds. The summed E-state index contributed by atoms with van der Waals surface area (Å²) < 4.78 is 32.8. The van der Waals surface area contributed by atoms with Crippen LogP contribution in [0.4, 0.5) is 0 Å². The summed E-state index contributed by atoms with van der Waals surface area (Å²) in [6, 6.07) is 0. The molecule has 0 rings (SSSR count). The molecule has 0 heterocycles. The molecule has 10 heteroatoms. The molecule has 0 aromatic carbocycles. The fourth-order valence-corrected chi connectivity index (χ4v) is 8.00. The van der Waals surface area contributed by atoms with Crippen molar-refractivity contribution in [1.29, 1.82) is 0 Å². The van der Waals surface area contributed by atoms with E-state index in [1.54, 1.807) is 0 Å². The Morgan fingerprint density at radius 2 is 0.852 bits per heavy atom. The molecule has 9 nitrogen and oxygen atoms in total. The summed E-state index contributed by atoms with van der Waals surface area (Å²) in [4.78, 5) is 34.8. The second kappa shape index (κ2) is 47.7. The number of nitrogens with two attached hydrogens (primary N) is 1. The van der Waals surface area contributed by atoms with Crippen LogP contribution in [0, 0.1) is 0 Å². The molecule has 0 fully saturated rings. The maximum Gasteiger partial charge on any atom is 0.472 e. The molecule has 0 saturated heterocycles. The minimum absolute atomic E-state index is 0.0550. The molecule has 358 valence electrons. The third-order valence-corrected chi connectivity index (χ3v) is 12.0. The van der Waals surface area contributed by atoms with Crippen molar-refractivity contribution in [3.63, 3.8) is 0 Å². The number of rotatable bonds is 48. The van der Waals surface area contributed by atoms with Crippen LogP contribution in [0.25, 0.3) is 0 Å². The second-order valence-electron chi connectivity index (χ2n) is 17.0. The van der Waals surface area contributed by atoms with Crippen LogP contribution in [0.2, 0.25) is 0 Å². The Bertz CT molecular complexity index is 1100. The van der Waals surface area contributed by atoms with Crippen LogP contribution in [0.15, 0.2) is 36.5 Å². The zero-order valence-electron chi connectivity index (χ0n) is 39.7. The molecular formula is C51H96NO8P. The monoisotopic (exact) mass is 882 g/mol. The van der Waals surface area contributed by atoms with E-state index in [-0.39, 0.29) is 38.6 Å². The van der Waals surface area contributed by atoms with Crippen LogP contribution in [0.5, 0.6) is 0 Å². The molecule has 0 aromatic rings. The highest BCUT2D eigenvalue weighted by Crippen LogP contribution is 2.43. The maximum atomic E-state index is 12.6. The summed E-state index contributed by atoms with van der Waals surface area (Å²) in [5, 5.41) is 0. The topological polar surface area (TPSA) is 134 Å². The Morgan fingerprint density at radius 1 is 0.492 bits per heavy atom. The van der Waals surface area contributed by atoms with Crippen molar-refractivity contribution < 1.29 is 37.6 Å². The lowest BCUT2D eigenvalue weighted by molar-refractivity contribution is -0.161. The largest absolute Gasteiger partial charge is 0.472 e. The van der Waals surface area contributed by atoms with E-state index in [1.165, 1.54) is 167 Å². The first-order chi connectivity index (χ1) is 29.8. The van der Waals surface area contributed by atoms with E-state index in [4.69, 9.17) is 24.3 Å². The van der Waals surface area contributed by atoms with Crippen molar-refractivity contribution in [2.24, 2.45) is 5.73 Å². The van der Waals surface area contributed by atoms with Gasteiger partial charge in [0.1, 0.15) is 6.61 Å². The van der Waals surface area contributed by atoms with E-state index < -0.39 is 26.5 Å². The van der Waals surface area contributed by atoms with Crippen LogP contribution in [-0.4, -0.2) is 49.3 Å². The standard InChI is InChI=1S/C51H96NO8P/c1-3-5-7-9-11-13-14-15-16-17-18-19-20-21-22-23-24-25-26-27-28-29-30-31-32-33-34-36-38-40-42-44-51(54)60-49(48-59-61(55,56)58-46-45-52)47-57-50(53)43-41-39-37-35-12-10-8-6-4-2/h14-15,17-18,20-21,49H,3-13,16,19,22-48,52H2,1-2H3,(H,55,56)/b15-14-,18-17-,21-20-. The molecular weight excluding hydrogens is 786 g/mol. The van der Waals surface area contributed by atoms with Gasteiger partial charge in [-0.25, -0.2) is 4.57 Å². The van der Waals surface area contributed by atoms with Gasteiger partial charge in [0.05, 0.1) is 13.2 Å². The average Bonchev–Trinajstić information content (AvgIpc) is 3.25. The first kappa shape index (κ1) is 59.2. The zero-order chi connectivity index (χ0) is 44.6. The van der Waals surface area contributed by atoms with Crippen molar-refractivity contribution in [1.82, 2.24) is 0 Å². The number of hydrogen-bond acceptors (Lipinski definition) is 8. The predicted octanol–water partition coefficient (Wildman–Crippen LogP) is 15.3.